The van der Waals surface area contributed by atoms with E-state index >= 15 is 0 Å². The summed E-state index contributed by atoms with van der Waals surface area (Å²) in [5.41, 5.74) is 1.17. The van der Waals surface area contributed by atoms with Crippen molar-refractivity contribution in [3.8, 4) is 0 Å². The molecule has 23 heavy (non-hydrogen) atoms. The minimum Gasteiger partial charge on any atom is -0.294 e. The van der Waals surface area contributed by atoms with E-state index in [1.54, 1.807) is 30.6 Å². The van der Waals surface area contributed by atoms with E-state index in [1.807, 2.05) is 6.07 Å². The number of Topliss-reactive ketones (excluding diaryl/α,β-unsaturated/α-hetero) is 1. The van der Waals surface area contributed by atoms with Crippen molar-refractivity contribution in [3.05, 3.63) is 89.8 Å². The molecule has 2 heterocycles. The van der Waals surface area contributed by atoms with Gasteiger partial charge in [0.15, 0.2) is 5.78 Å². The van der Waals surface area contributed by atoms with Crippen LogP contribution < -0.4 is 0 Å². The fraction of sp³-hybridized carbons (Fsp3) is 0.0556. The molecule has 0 atom stereocenters. The van der Waals surface area contributed by atoms with Gasteiger partial charge in [-0.25, -0.2) is 4.39 Å². The van der Waals surface area contributed by atoms with E-state index in [2.05, 4.69) is 4.98 Å². The second-order valence-electron chi connectivity index (χ2n) is 5.05. The summed E-state index contributed by atoms with van der Waals surface area (Å²) in [6.45, 7) is 0. The molecule has 0 saturated carbocycles. The van der Waals surface area contributed by atoms with Gasteiger partial charge in [0.05, 0.1) is 5.56 Å². The van der Waals surface area contributed by atoms with E-state index in [0.29, 0.717) is 5.56 Å². The number of ketones is 1. The summed E-state index contributed by atoms with van der Waals surface area (Å²) in [5, 5.41) is 0. The number of hydrogen-bond acceptors (Lipinski definition) is 3. The van der Waals surface area contributed by atoms with Gasteiger partial charge in [-0.2, -0.15) is 0 Å². The molecule has 4 nitrogen and oxygen atoms in total. The van der Waals surface area contributed by atoms with Crippen LogP contribution in [0.25, 0.3) is 0 Å². The van der Waals surface area contributed by atoms with Gasteiger partial charge in [-0.15, -0.1) is 0 Å². The number of aromatic nitrogens is 2. The van der Waals surface area contributed by atoms with Crippen LogP contribution in [0, 0.1) is 5.82 Å². The van der Waals surface area contributed by atoms with Gasteiger partial charge in [0.25, 0.3) is 5.91 Å². The molecule has 0 fully saturated rings. The van der Waals surface area contributed by atoms with Gasteiger partial charge in [-0.1, -0.05) is 18.2 Å². The summed E-state index contributed by atoms with van der Waals surface area (Å²) in [4.78, 5) is 28.5. The first-order valence-corrected chi connectivity index (χ1v) is 7.04. The first-order chi connectivity index (χ1) is 11.1. The maximum Gasteiger partial charge on any atom is 0.264 e. The maximum absolute atomic E-state index is 13.7. The van der Waals surface area contributed by atoms with Crippen molar-refractivity contribution in [1.29, 1.82) is 0 Å². The fourth-order valence-corrected chi connectivity index (χ4v) is 2.25. The molecule has 0 radical (unpaired) electrons. The molecule has 114 valence electrons. The molecule has 1 aromatic carbocycles. The molecule has 0 aliphatic rings. The molecule has 0 saturated heterocycles. The molecule has 0 aliphatic heterocycles. The quantitative estimate of drug-likeness (QED) is 0.696. The minimum atomic E-state index is -0.588. The Morgan fingerprint density at radius 1 is 1.09 bits per heavy atom. The highest BCUT2D eigenvalue weighted by molar-refractivity contribution is 6.00. The summed E-state index contributed by atoms with van der Waals surface area (Å²) < 4.78 is 14.9. The van der Waals surface area contributed by atoms with E-state index in [1.165, 1.54) is 35.2 Å². The van der Waals surface area contributed by atoms with Gasteiger partial charge in [-0.05, 0) is 29.8 Å². The number of halogens is 1. The summed E-state index contributed by atoms with van der Waals surface area (Å²) in [5.74, 6) is -1.23. The highest BCUT2D eigenvalue weighted by atomic mass is 19.1. The van der Waals surface area contributed by atoms with Crippen molar-refractivity contribution in [2.75, 3.05) is 0 Å². The Labute approximate surface area is 132 Å². The average molecular weight is 308 g/mol. The summed E-state index contributed by atoms with van der Waals surface area (Å²) in [6.07, 6.45) is 6.35. The van der Waals surface area contributed by atoms with Gasteiger partial charge >= 0.3 is 0 Å². The number of carbonyl (C=O) groups is 2. The van der Waals surface area contributed by atoms with Crippen LogP contribution in [0.1, 0.15) is 26.3 Å². The molecule has 3 rings (SSSR count). The van der Waals surface area contributed by atoms with Gasteiger partial charge in [0, 0.05) is 36.8 Å². The molecular formula is C18H13FN2O2. The zero-order chi connectivity index (χ0) is 16.2. The molecule has 0 N–H and O–H groups in total. The monoisotopic (exact) mass is 308 g/mol. The maximum atomic E-state index is 13.7. The second-order valence-corrected chi connectivity index (χ2v) is 5.05. The Morgan fingerprint density at radius 2 is 1.91 bits per heavy atom. The highest BCUT2D eigenvalue weighted by Gasteiger charge is 2.15. The van der Waals surface area contributed by atoms with Crippen molar-refractivity contribution < 1.29 is 14.0 Å². The Hall–Kier alpha value is -3.08. The van der Waals surface area contributed by atoms with Crippen LogP contribution in [0.4, 0.5) is 4.39 Å². The number of nitrogens with zero attached hydrogens (tertiary/aromatic N) is 2. The van der Waals surface area contributed by atoms with E-state index in [-0.39, 0.29) is 17.8 Å². The Kier molecular flexibility index (Phi) is 4.10. The average Bonchev–Trinajstić information content (AvgIpc) is 3.06. The first kappa shape index (κ1) is 14.8. The zero-order valence-corrected chi connectivity index (χ0v) is 12.1. The predicted molar refractivity (Wildman–Crippen MR) is 82.8 cm³/mol. The zero-order valence-electron chi connectivity index (χ0n) is 12.1. The number of hydrogen-bond donors (Lipinski definition) is 0. The lowest BCUT2D eigenvalue weighted by Gasteiger charge is -2.03. The molecule has 5 heteroatoms. The lowest BCUT2D eigenvalue weighted by Crippen LogP contribution is -2.12. The fourth-order valence-electron chi connectivity index (χ4n) is 2.25. The van der Waals surface area contributed by atoms with Crippen LogP contribution in [-0.2, 0) is 6.42 Å². The van der Waals surface area contributed by atoms with Crippen LogP contribution in [-0.4, -0.2) is 21.2 Å². The van der Waals surface area contributed by atoms with Crippen LogP contribution >= 0.6 is 0 Å². The Morgan fingerprint density at radius 3 is 2.65 bits per heavy atom. The molecule has 0 unspecified atom stereocenters. The number of carbonyl (C=O) groups excluding carboxylic acids is 2. The molecule has 2 aromatic heterocycles. The Balaban J connectivity index is 1.79. The van der Waals surface area contributed by atoms with Gasteiger partial charge in [0.1, 0.15) is 5.82 Å². The molecule has 0 spiro atoms. The third kappa shape index (κ3) is 3.23. The summed E-state index contributed by atoms with van der Waals surface area (Å²) in [7, 11) is 0. The van der Waals surface area contributed by atoms with Crippen LogP contribution in [0.5, 0.6) is 0 Å². The van der Waals surface area contributed by atoms with Crippen molar-refractivity contribution >= 4 is 11.7 Å². The van der Waals surface area contributed by atoms with Crippen molar-refractivity contribution in [3.63, 3.8) is 0 Å². The largest absolute Gasteiger partial charge is 0.294 e. The first-order valence-electron chi connectivity index (χ1n) is 7.04. The van der Waals surface area contributed by atoms with Crippen LogP contribution in [0.15, 0.2) is 67.3 Å². The van der Waals surface area contributed by atoms with Crippen molar-refractivity contribution in [1.82, 2.24) is 9.55 Å². The van der Waals surface area contributed by atoms with Crippen LogP contribution in [0.2, 0.25) is 0 Å². The third-order valence-corrected chi connectivity index (χ3v) is 3.44. The lowest BCUT2D eigenvalue weighted by molar-refractivity contribution is 0.0956. The van der Waals surface area contributed by atoms with E-state index in [9.17, 15) is 14.0 Å². The SMILES string of the molecule is O=C(Cc1cccnc1)c1ccn(C(=O)c2ccccc2F)c1. The van der Waals surface area contributed by atoms with Gasteiger partial charge in [0.2, 0.25) is 0 Å². The predicted octanol–water partition coefficient (Wildman–Crippen LogP) is 3.14. The number of rotatable bonds is 4. The van der Waals surface area contributed by atoms with Gasteiger partial charge in [-0.3, -0.25) is 19.1 Å². The van der Waals surface area contributed by atoms with E-state index in [0.717, 1.165) is 5.56 Å². The topological polar surface area (TPSA) is 52.0 Å². The molecule has 3 aromatic rings. The lowest BCUT2D eigenvalue weighted by atomic mass is 10.1. The highest BCUT2D eigenvalue weighted by Crippen LogP contribution is 2.12. The van der Waals surface area contributed by atoms with Gasteiger partial charge < -0.3 is 0 Å². The normalized spacial score (nSPS) is 10.5. The van der Waals surface area contributed by atoms with Crippen LogP contribution in [0.3, 0.4) is 0 Å². The Bertz CT molecular complexity index is 856. The van der Waals surface area contributed by atoms with E-state index < -0.39 is 11.7 Å². The number of benzene rings is 1. The third-order valence-electron chi connectivity index (χ3n) is 3.44. The molecule has 0 aliphatic carbocycles. The van der Waals surface area contributed by atoms with E-state index in [4.69, 9.17) is 0 Å². The number of pyridine rings is 1. The smallest absolute Gasteiger partial charge is 0.264 e. The summed E-state index contributed by atoms with van der Waals surface area (Å²) >= 11 is 0. The van der Waals surface area contributed by atoms with Crippen molar-refractivity contribution in [2.24, 2.45) is 0 Å². The standard InChI is InChI=1S/C18H13FN2O2/c19-16-6-2-1-5-15(16)18(23)21-9-7-14(12-21)17(22)10-13-4-3-8-20-11-13/h1-9,11-12H,10H2. The second kappa shape index (κ2) is 6.36. The summed E-state index contributed by atoms with van der Waals surface area (Å²) in [6, 6.07) is 10.9. The minimum absolute atomic E-state index is 0.0330. The molecule has 0 bridgehead atoms. The molecular weight excluding hydrogens is 295 g/mol. The van der Waals surface area contributed by atoms with Crippen molar-refractivity contribution in [2.45, 2.75) is 6.42 Å². The molecule has 0 amide bonds.